The number of esters is 1. The molecule has 18 heavy (non-hydrogen) atoms. The standard InChI is InChI=1S/C15H16O2S/c1-11-3-6-13(7-4-11)14-9-12(10-18-14)5-8-15(16)17-2/h3-4,6-7,9-10H,5,8H2,1-2H3. The minimum absolute atomic E-state index is 0.155. The molecule has 3 heteroatoms. The number of methoxy groups -OCH3 is 1. The van der Waals surface area contributed by atoms with Crippen molar-refractivity contribution in [3.63, 3.8) is 0 Å². The summed E-state index contributed by atoms with van der Waals surface area (Å²) >= 11 is 1.72. The normalized spacial score (nSPS) is 10.3. The molecule has 0 spiro atoms. The van der Waals surface area contributed by atoms with Gasteiger partial charge in [-0.25, -0.2) is 0 Å². The molecule has 0 aliphatic heterocycles. The van der Waals surface area contributed by atoms with Crippen molar-refractivity contribution < 1.29 is 9.53 Å². The van der Waals surface area contributed by atoms with E-state index in [4.69, 9.17) is 0 Å². The minimum atomic E-state index is -0.155. The maximum Gasteiger partial charge on any atom is 0.305 e. The van der Waals surface area contributed by atoms with E-state index >= 15 is 0 Å². The molecule has 1 heterocycles. The number of rotatable bonds is 4. The van der Waals surface area contributed by atoms with Gasteiger partial charge >= 0.3 is 5.97 Å². The summed E-state index contributed by atoms with van der Waals surface area (Å²) in [6, 6.07) is 10.6. The summed E-state index contributed by atoms with van der Waals surface area (Å²) in [5, 5.41) is 2.11. The van der Waals surface area contributed by atoms with Gasteiger partial charge in [0.2, 0.25) is 0 Å². The first kappa shape index (κ1) is 12.8. The van der Waals surface area contributed by atoms with Crippen molar-refractivity contribution in [2.45, 2.75) is 19.8 Å². The molecule has 0 aliphatic carbocycles. The Hall–Kier alpha value is -1.61. The van der Waals surface area contributed by atoms with Gasteiger partial charge in [-0.3, -0.25) is 4.79 Å². The van der Waals surface area contributed by atoms with Crippen LogP contribution >= 0.6 is 11.3 Å². The lowest BCUT2D eigenvalue weighted by Gasteiger charge is -1.98. The Bertz CT molecular complexity index is 526. The van der Waals surface area contributed by atoms with Crippen LogP contribution in [-0.2, 0) is 16.0 Å². The number of benzene rings is 1. The molecule has 0 radical (unpaired) electrons. The summed E-state index contributed by atoms with van der Waals surface area (Å²) < 4.78 is 4.64. The summed E-state index contributed by atoms with van der Waals surface area (Å²) in [6.45, 7) is 2.08. The number of hydrogen-bond donors (Lipinski definition) is 0. The number of hydrogen-bond acceptors (Lipinski definition) is 3. The second-order valence-electron chi connectivity index (χ2n) is 4.26. The van der Waals surface area contributed by atoms with Crippen molar-refractivity contribution in [3.05, 3.63) is 46.8 Å². The molecule has 2 aromatic rings. The number of thiophene rings is 1. The van der Waals surface area contributed by atoms with Crippen LogP contribution in [0, 0.1) is 6.92 Å². The average molecular weight is 260 g/mol. The van der Waals surface area contributed by atoms with Gasteiger partial charge in [-0.15, -0.1) is 11.3 Å². The number of carbonyl (C=O) groups is 1. The van der Waals surface area contributed by atoms with Crippen molar-refractivity contribution in [2.75, 3.05) is 7.11 Å². The largest absolute Gasteiger partial charge is 0.469 e. The van der Waals surface area contributed by atoms with E-state index in [1.807, 2.05) is 0 Å². The Balaban J connectivity index is 2.06. The van der Waals surface area contributed by atoms with Crippen LogP contribution in [-0.4, -0.2) is 13.1 Å². The number of aryl methyl sites for hydroxylation is 2. The molecule has 1 aromatic carbocycles. The Morgan fingerprint density at radius 3 is 2.67 bits per heavy atom. The Kier molecular flexibility index (Phi) is 4.15. The summed E-state index contributed by atoms with van der Waals surface area (Å²) in [4.78, 5) is 12.3. The first-order chi connectivity index (χ1) is 8.69. The molecular weight excluding hydrogens is 244 g/mol. The highest BCUT2D eigenvalue weighted by atomic mass is 32.1. The lowest BCUT2D eigenvalue weighted by molar-refractivity contribution is -0.140. The van der Waals surface area contributed by atoms with E-state index < -0.39 is 0 Å². The molecule has 94 valence electrons. The van der Waals surface area contributed by atoms with Crippen molar-refractivity contribution in [2.24, 2.45) is 0 Å². The minimum Gasteiger partial charge on any atom is -0.469 e. The molecule has 0 saturated carbocycles. The van der Waals surface area contributed by atoms with Gasteiger partial charge in [0, 0.05) is 11.3 Å². The second kappa shape index (κ2) is 5.83. The molecule has 0 N–H and O–H groups in total. The van der Waals surface area contributed by atoms with Gasteiger partial charge in [0.25, 0.3) is 0 Å². The third-order valence-electron chi connectivity index (χ3n) is 2.84. The van der Waals surface area contributed by atoms with Crippen LogP contribution in [0.5, 0.6) is 0 Å². The SMILES string of the molecule is COC(=O)CCc1csc(-c2ccc(C)cc2)c1. The molecule has 2 rings (SSSR count). The fourth-order valence-corrected chi connectivity index (χ4v) is 2.68. The van der Waals surface area contributed by atoms with E-state index in [1.54, 1.807) is 11.3 Å². The summed E-state index contributed by atoms with van der Waals surface area (Å²) in [5.41, 5.74) is 3.69. The molecule has 0 unspecified atom stereocenters. The molecule has 0 fully saturated rings. The molecular formula is C15H16O2S. The zero-order valence-corrected chi connectivity index (χ0v) is 11.4. The van der Waals surface area contributed by atoms with Gasteiger partial charge in [-0.1, -0.05) is 29.8 Å². The summed E-state index contributed by atoms with van der Waals surface area (Å²) in [7, 11) is 1.42. The molecule has 0 saturated heterocycles. The molecule has 0 aliphatic rings. The molecule has 0 bridgehead atoms. The third-order valence-corrected chi connectivity index (χ3v) is 3.86. The number of carbonyl (C=O) groups excluding carboxylic acids is 1. The average Bonchev–Trinajstić information content (AvgIpc) is 2.85. The van der Waals surface area contributed by atoms with Gasteiger partial charge in [0.15, 0.2) is 0 Å². The van der Waals surface area contributed by atoms with Gasteiger partial charge in [0.05, 0.1) is 7.11 Å². The highest BCUT2D eigenvalue weighted by molar-refractivity contribution is 7.13. The Morgan fingerprint density at radius 2 is 2.00 bits per heavy atom. The quantitative estimate of drug-likeness (QED) is 0.781. The van der Waals surface area contributed by atoms with Crippen molar-refractivity contribution in [1.29, 1.82) is 0 Å². The molecule has 0 amide bonds. The van der Waals surface area contributed by atoms with E-state index in [0.29, 0.717) is 6.42 Å². The Morgan fingerprint density at radius 1 is 1.28 bits per heavy atom. The maximum absolute atomic E-state index is 11.1. The zero-order chi connectivity index (χ0) is 13.0. The number of ether oxygens (including phenoxy) is 1. The summed E-state index contributed by atoms with van der Waals surface area (Å²) in [5.74, 6) is -0.155. The lowest BCUT2D eigenvalue weighted by atomic mass is 10.1. The molecule has 0 atom stereocenters. The lowest BCUT2D eigenvalue weighted by Crippen LogP contribution is -2.01. The zero-order valence-electron chi connectivity index (χ0n) is 10.6. The maximum atomic E-state index is 11.1. The molecule has 2 nitrogen and oxygen atoms in total. The van der Waals surface area contributed by atoms with Crippen LogP contribution in [0.15, 0.2) is 35.7 Å². The van der Waals surface area contributed by atoms with Crippen LogP contribution in [0.25, 0.3) is 10.4 Å². The highest BCUT2D eigenvalue weighted by Gasteiger charge is 2.05. The van der Waals surface area contributed by atoms with Crippen molar-refractivity contribution in [3.8, 4) is 10.4 Å². The van der Waals surface area contributed by atoms with Crippen molar-refractivity contribution in [1.82, 2.24) is 0 Å². The third kappa shape index (κ3) is 3.20. The van der Waals surface area contributed by atoms with Crippen LogP contribution < -0.4 is 0 Å². The first-order valence-corrected chi connectivity index (χ1v) is 6.78. The van der Waals surface area contributed by atoms with Crippen LogP contribution in [0.1, 0.15) is 17.5 Å². The van der Waals surface area contributed by atoms with E-state index in [0.717, 1.165) is 6.42 Å². The van der Waals surface area contributed by atoms with Gasteiger partial charge in [-0.2, -0.15) is 0 Å². The van der Waals surface area contributed by atoms with Crippen LogP contribution in [0.3, 0.4) is 0 Å². The van der Waals surface area contributed by atoms with Crippen LogP contribution in [0.4, 0.5) is 0 Å². The fourth-order valence-electron chi connectivity index (χ4n) is 1.72. The van der Waals surface area contributed by atoms with Gasteiger partial charge in [0.1, 0.15) is 0 Å². The van der Waals surface area contributed by atoms with Crippen molar-refractivity contribution >= 4 is 17.3 Å². The Labute approximate surface area is 111 Å². The van der Waals surface area contributed by atoms with E-state index in [2.05, 4.69) is 47.4 Å². The van der Waals surface area contributed by atoms with Crippen LogP contribution in [0.2, 0.25) is 0 Å². The van der Waals surface area contributed by atoms with Gasteiger partial charge in [-0.05, 0) is 35.9 Å². The monoisotopic (exact) mass is 260 g/mol. The van der Waals surface area contributed by atoms with E-state index in [9.17, 15) is 4.79 Å². The predicted molar refractivity (Wildman–Crippen MR) is 74.8 cm³/mol. The van der Waals surface area contributed by atoms with E-state index in [-0.39, 0.29) is 5.97 Å². The van der Waals surface area contributed by atoms with E-state index in [1.165, 1.54) is 28.7 Å². The predicted octanol–water partition coefficient (Wildman–Crippen LogP) is 3.83. The highest BCUT2D eigenvalue weighted by Crippen LogP contribution is 2.27. The first-order valence-electron chi connectivity index (χ1n) is 5.90. The second-order valence-corrected chi connectivity index (χ2v) is 5.17. The fraction of sp³-hybridized carbons (Fsp3) is 0.267. The molecule has 1 aromatic heterocycles. The summed E-state index contributed by atoms with van der Waals surface area (Å²) in [6.07, 6.45) is 1.19. The smallest absolute Gasteiger partial charge is 0.305 e. The van der Waals surface area contributed by atoms with Gasteiger partial charge < -0.3 is 4.74 Å². The topological polar surface area (TPSA) is 26.3 Å².